The number of ketones is 2. The topological polar surface area (TPSA) is 188 Å². The molecule has 2 aliphatic heterocycles. The van der Waals surface area contributed by atoms with Crippen LogP contribution in [-0.4, -0.2) is 117 Å². The van der Waals surface area contributed by atoms with E-state index in [1.807, 2.05) is 56.5 Å². The van der Waals surface area contributed by atoms with E-state index in [1.54, 1.807) is 29.5 Å². The van der Waals surface area contributed by atoms with Gasteiger partial charge < -0.3 is 34.3 Å². The monoisotopic (exact) mass is 1210 g/mol. The first-order chi connectivity index (χ1) is 39.8. The summed E-state index contributed by atoms with van der Waals surface area (Å²) in [6.45, 7) is 15.0. The highest BCUT2D eigenvalue weighted by molar-refractivity contribution is 7.15. The lowest BCUT2D eigenvalue weighted by atomic mass is 9.62. The van der Waals surface area contributed by atoms with E-state index in [1.165, 1.54) is 37.4 Å². The Bertz CT molecular complexity index is 3380. The number of nitrogens with zero attached hydrogens (tertiary/aromatic N) is 5. The molecule has 1 amide bonds. The number of nitrogens with one attached hydrogen (secondary N) is 2. The van der Waals surface area contributed by atoms with E-state index >= 15 is 8.78 Å². The smallest absolute Gasteiger partial charge is 0.222 e. The Hall–Kier alpha value is -5.98. The minimum atomic E-state index is -1.77. The molecule has 2 aromatic heterocycles. The quantitative estimate of drug-likeness (QED) is 0.0367. The van der Waals surface area contributed by atoms with Crippen molar-refractivity contribution < 1.29 is 46.8 Å². The van der Waals surface area contributed by atoms with Gasteiger partial charge in [0.15, 0.2) is 17.4 Å². The summed E-state index contributed by atoms with van der Waals surface area (Å²) in [6, 6.07) is 20.6. The molecule has 1 unspecified atom stereocenters. The van der Waals surface area contributed by atoms with Crippen LogP contribution in [-0.2, 0) is 40.4 Å². The first-order valence-corrected chi connectivity index (χ1v) is 29.4. The van der Waals surface area contributed by atoms with Crippen LogP contribution < -0.4 is 15.4 Å². The first-order valence-electron chi connectivity index (χ1n) is 27.5. The van der Waals surface area contributed by atoms with E-state index in [9.17, 15) is 19.6 Å². The fraction of sp³-hybridized carbons (Fsp3) is 0.435. The van der Waals surface area contributed by atoms with Gasteiger partial charge in [-0.25, -0.2) is 8.78 Å². The van der Waals surface area contributed by atoms with Crippen LogP contribution in [0, 0.1) is 49.2 Å². The maximum atomic E-state index is 16.2. The van der Waals surface area contributed by atoms with Gasteiger partial charge in [-0.3, -0.25) is 23.9 Å². The largest absolute Gasteiger partial charge is 0.496 e. The number of thiophene rings is 1. The van der Waals surface area contributed by atoms with Gasteiger partial charge in [-0.1, -0.05) is 98.0 Å². The summed E-state index contributed by atoms with van der Waals surface area (Å²) in [5, 5.41) is 27.9. The Morgan fingerprint density at radius 1 is 0.855 bits per heavy atom. The number of amides is 1. The van der Waals surface area contributed by atoms with Crippen LogP contribution in [0.2, 0.25) is 15.1 Å². The minimum Gasteiger partial charge on any atom is -0.496 e. The fourth-order valence-electron chi connectivity index (χ4n) is 10.9. The zero-order valence-corrected chi connectivity index (χ0v) is 50.6. The number of rotatable bonds is 27. The zero-order valence-electron chi connectivity index (χ0n) is 47.5. The van der Waals surface area contributed by atoms with Gasteiger partial charge in [0.05, 0.1) is 82.6 Å². The number of Topliss-reactive ketones (excluding diaryl/α,β-unsaturated/α-hetero) is 2. The van der Waals surface area contributed by atoms with Crippen molar-refractivity contribution in [3.8, 4) is 16.8 Å². The number of aromatic nitrogens is 3. The molecule has 0 spiro atoms. The molecule has 21 heteroatoms. The lowest BCUT2D eigenvalue weighted by Gasteiger charge is -2.37. The van der Waals surface area contributed by atoms with E-state index in [4.69, 9.17) is 63.5 Å². The zero-order chi connectivity index (χ0) is 59.6. The lowest BCUT2D eigenvalue weighted by molar-refractivity contribution is -0.122. The summed E-state index contributed by atoms with van der Waals surface area (Å²) >= 11 is 20.4. The van der Waals surface area contributed by atoms with Gasteiger partial charge in [0.25, 0.3) is 0 Å². The summed E-state index contributed by atoms with van der Waals surface area (Å²) in [5.74, 6) is -1.89. The van der Waals surface area contributed by atoms with E-state index < -0.39 is 52.3 Å². The van der Waals surface area contributed by atoms with Crippen molar-refractivity contribution in [1.82, 2.24) is 25.4 Å². The van der Waals surface area contributed by atoms with Gasteiger partial charge in [0.1, 0.15) is 39.7 Å². The predicted octanol–water partition coefficient (Wildman–Crippen LogP) is 11.8. The van der Waals surface area contributed by atoms with Crippen molar-refractivity contribution in [2.24, 2.45) is 10.4 Å². The summed E-state index contributed by atoms with van der Waals surface area (Å²) in [7, 11) is 1.44. The van der Waals surface area contributed by atoms with Crippen molar-refractivity contribution in [3.05, 3.63) is 161 Å². The van der Waals surface area contributed by atoms with E-state index in [-0.39, 0.29) is 52.1 Å². The molecule has 1 saturated heterocycles. The number of carbonyl (C=O) groups excluding carboxylic acids is 3. The number of carbonyl (C=O) groups is 3. The second-order valence-electron chi connectivity index (χ2n) is 21.8. The average Bonchev–Trinajstić information content (AvgIpc) is 3.08. The Labute approximate surface area is 502 Å². The molecule has 2 N–H and O–H groups in total. The number of halogens is 5. The highest BCUT2D eigenvalue weighted by Gasteiger charge is 2.61. The maximum absolute atomic E-state index is 16.2. The van der Waals surface area contributed by atoms with Gasteiger partial charge >= 0.3 is 0 Å². The third-order valence-electron chi connectivity index (χ3n) is 14.9. The van der Waals surface area contributed by atoms with Crippen molar-refractivity contribution in [2.45, 2.75) is 103 Å². The highest BCUT2D eigenvalue weighted by Crippen LogP contribution is 2.53. The number of hydrogen-bond donors (Lipinski definition) is 2. The van der Waals surface area contributed by atoms with Crippen LogP contribution in [0.15, 0.2) is 83.9 Å². The number of fused-ring (bicyclic) bond motifs is 3. The Morgan fingerprint density at radius 3 is 2.19 bits per heavy atom. The number of benzene rings is 4. The van der Waals surface area contributed by atoms with Crippen LogP contribution >= 0.6 is 46.1 Å². The third kappa shape index (κ3) is 14.8. The molecule has 0 radical (unpaired) electrons. The van der Waals surface area contributed by atoms with E-state index in [2.05, 4.69) is 40.7 Å². The Kier molecular flexibility index (Phi) is 21.5. The SMILES string of the molecule is COc1cc(C(=O)CCCOCCOCCOCCOCCNC(=O)C[C@@H]2N=C(c3ccc(Cl)cc3)c3c(sc(C)c3C)-n3c(C)nnc32)ccc1CC(=O)C1N[C@@H](CC(C)(C)C)[C@](C#N)(c2ccc(Cl)cc2F)[C@H]1c1cccc(Cl)c1F. The molecule has 0 bridgehead atoms. The second kappa shape index (κ2) is 28.3. The number of ether oxygens (including phenoxy) is 5. The molecule has 0 saturated carbocycles. The number of methoxy groups -OCH3 is 1. The van der Waals surface area contributed by atoms with Crippen LogP contribution in [0.3, 0.4) is 0 Å². The molecule has 4 aromatic carbocycles. The second-order valence-corrected chi connectivity index (χ2v) is 24.3. The van der Waals surface area contributed by atoms with Crippen molar-refractivity contribution in [3.63, 3.8) is 0 Å². The summed E-state index contributed by atoms with van der Waals surface area (Å²) < 4.78 is 62.7. The Morgan fingerprint density at radius 2 is 1.53 bits per heavy atom. The number of aliphatic imine (C=N–C) groups is 1. The summed E-state index contributed by atoms with van der Waals surface area (Å²) in [5.41, 5.74) is 2.45. The molecule has 440 valence electrons. The van der Waals surface area contributed by atoms with Crippen LogP contribution in [0.1, 0.15) is 119 Å². The van der Waals surface area contributed by atoms with Crippen molar-refractivity contribution >= 4 is 69.3 Å². The maximum Gasteiger partial charge on any atom is 0.222 e. The van der Waals surface area contributed by atoms with Crippen LogP contribution in [0.25, 0.3) is 5.00 Å². The van der Waals surface area contributed by atoms with Gasteiger partial charge in [0.2, 0.25) is 5.91 Å². The van der Waals surface area contributed by atoms with Gasteiger partial charge in [-0.2, -0.15) is 5.26 Å². The van der Waals surface area contributed by atoms with Gasteiger partial charge in [-0.15, -0.1) is 21.5 Å². The van der Waals surface area contributed by atoms with E-state index in [0.29, 0.717) is 100.0 Å². The standard InChI is InChI=1S/C62H68Cl3F2N7O8S/c1-36-37(2)83-60-54(36)57(39-15-17-42(63)18-16-39)70-48(59-73-72-38(3)74(59)60)33-53(77)69-21-23-80-25-27-82-29-28-81-26-24-79-22-9-12-49(75)40-13-14-41(51(31-40)78-7)30-50(76)58-55(44-10-8-11-46(65)56(44)67)62(35-68,52(71-58)34-61(4,5)6)45-20-19-43(64)32-47(45)66/h8,10-11,13-20,31-32,48,52,55,58,71H,9,12,21-30,33-34H2,1-7H3,(H,69,77)/t48-,52-,55-,58?,62-/m0/s1. The number of nitriles is 1. The molecule has 83 heavy (non-hydrogen) atoms. The predicted molar refractivity (Wildman–Crippen MR) is 317 cm³/mol. The normalized spacial score (nSPS) is 18.5. The molecular formula is C62H68Cl3F2N7O8S. The fourth-order valence-corrected chi connectivity index (χ4v) is 12.5. The van der Waals surface area contributed by atoms with E-state index in [0.717, 1.165) is 44.2 Å². The average molecular weight is 1220 g/mol. The molecule has 8 rings (SSSR count). The van der Waals surface area contributed by atoms with Gasteiger partial charge in [-0.05, 0) is 86.6 Å². The van der Waals surface area contributed by atoms with Crippen molar-refractivity contribution in [1.29, 1.82) is 5.26 Å². The molecule has 0 aliphatic carbocycles. The van der Waals surface area contributed by atoms with Crippen LogP contribution in [0.5, 0.6) is 5.75 Å². The number of aryl methyl sites for hydroxylation is 2. The van der Waals surface area contributed by atoms with Crippen molar-refractivity contribution in [2.75, 3.05) is 66.5 Å². The third-order valence-corrected chi connectivity index (χ3v) is 16.9. The molecule has 15 nitrogen and oxygen atoms in total. The molecule has 4 heterocycles. The summed E-state index contributed by atoms with van der Waals surface area (Å²) in [4.78, 5) is 47.6. The highest BCUT2D eigenvalue weighted by atomic mass is 35.5. The lowest BCUT2D eigenvalue weighted by Crippen LogP contribution is -2.44. The molecule has 5 atom stereocenters. The molecule has 1 fully saturated rings. The molecule has 6 aromatic rings. The molecular weight excluding hydrogens is 1150 g/mol. The van der Waals surface area contributed by atoms with Crippen LogP contribution in [0.4, 0.5) is 8.78 Å². The minimum absolute atomic E-state index is 0.00250. The van der Waals surface area contributed by atoms with Gasteiger partial charge in [0, 0.05) is 80.7 Å². The number of hydrogen-bond acceptors (Lipinski definition) is 14. The summed E-state index contributed by atoms with van der Waals surface area (Å²) in [6.07, 6.45) is 0.832. The molecule has 2 aliphatic rings. The Balaban J connectivity index is 0.733. The first kappa shape index (κ1) is 63.1.